The largest absolute Gasteiger partial charge is 0.492 e. The van der Waals surface area contributed by atoms with E-state index in [1.807, 2.05) is 31.2 Å². The second-order valence-electron chi connectivity index (χ2n) is 9.77. The number of pyridine rings is 2. The molecule has 1 amide bonds. The van der Waals surface area contributed by atoms with Gasteiger partial charge in [0.05, 0.1) is 18.7 Å². The van der Waals surface area contributed by atoms with Crippen LogP contribution in [0.1, 0.15) is 34.8 Å². The molecule has 7 nitrogen and oxygen atoms in total. The predicted molar refractivity (Wildman–Crippen MR) is 155 cm³/mol. The van der Waals surface area contributed by atoms with Crippen molar-refractivity contribution >= 4 is 16.8 Å². The van der Waals surface area contributed by atoms with Crippen LogP contribution in [0.5, 0.6) is 5.75 Å². The number of ether oxygens (including phenoxy) is 1. The van der Waals surface area contributed by atoms with Crippen LogP contribution in [-0.4, -0.2) is 54.1 Å². The predicted octanol–water partition coefficient (Wildman–Crippen LogP) is 4.56. The van der Waals surface area contributed by atoms with E-state index < -0.39 is 23.1 Å². The van der Waals surface area contributed by atoms with Crippen LogP contribution in [0.25, 0.3) is 10.9 Å². The lowest BCUT2D eigenvalue weighted by atomic mass is 10.1. The van der Waals surface area contributed by atoms with Gasteiger partial charge in [0.2, 0.25) is 0 Å². The van der Waals surface area contributed by atoms with Crippen molar-refractivity contribution in [3.8, 4) is 17.6 Å². The molecule has 41 heavy (non-hydrogen) atoms. The Labute approximate surface area is 237 Å². The standard InChI is InChI=1S/C24H24N4O3.C8H8F2/c1-28-13-9-18(15-28)16-31-22-8-12-25-21-7-6-17(14-20(21)22)4-2-10-26-23(29)19-5-3-11-27-24(19)30;1-2-6-3-4-7(9)8(10)5-6/h3,5-8,11-12,14,18H,9-10,13,15-16H2,1H3,(H,26,29)(H,27,30);3-5H,2H2,1H3. The number of nitrogens with one attached hydrogen (secondary N) is 2. The molecule has 5 rings (SSSR count). The Kier molecular flexibility index (Phi) is 10.2. The minimum Gasteiger partial charge on any atom is -0.492 e. The topological polar surface area (TPSA) is 87.3 Å². The maximum absolute atomic E-state index is 12.4. The maximum Gasteiger partial charge on any atom is 0.260 e. The molecule has 1 unspecified atom stereocenters. The zero-order chi connectivity index (χ0) is 29.2. The number of likely N-dealkylation sites (tertiary alicyclic amines) is 1. The van der Waals surface area contributed by atoms with Crippen molar-refractivity contribution in [2.75, 3.05) is 33.3 Å². The van der Waals surface area contributed by atoms with Gasteiger partial charge in [-0.2, -0.15) is 0 Å². The molecule has 2 N–H and O–H groups in total. The monoisotopic (exact) mass is 558 g/mol. The number of nitrogens with zero attached hydrogens (tertiary/aromatic N) is 2. The summed E-state index contributed by atoms with van der Waals surface area (Å²) >= 11 is 0. The molecule has 1 aliphatic rings. The first kappa shape index (κ1) is 29.4. The maximum atomic E-state index is 12.4. The number of fused-ring (bicyclic) bond motifs is 1. The van der Waals surface area contributed by atoms with Crippen molar-refractivity contribution in [2.45, 2.75) is 19.8 Å². The number of carbonyl (C=O) groups excluding carboxylic acids is 1. The van der Waals surface area contributed by atoms with Gasteiger partial charge in [-0.1, -0.05) is 24.8 Å². The highest BCUT2D eigenvalue weighted by Gasteiger charge is 2.20. The van der Waals surface area contributed by atoms with Crippen molar-refractivity contribution in [1.82, 2.24) is 20.2 Å². The minimum absolute atomic E-state index is 0.0660. The Hall–Kier alpha value is -4.55. The van der Waals surface area contributed by atoms with Crippen molar-refractivity contribution in [3.05, 3.63) is 106 Å². The summed E-state index contributed by atoms with van der Waals surface area (Å²) in [6, 6.07) is 14.7. The van der Waals surface area contributed by atoms with Gasteiger partial charge in [0, 0.05) is 35.8 Å². The molecule has 3 heterocycles. The van der Waals surface area contributed by atoms with Crippen LogP contribution < -0.4 is 15.6 Å². The zero-order valence-electron chi connectivity index (χ0n) is 23.0. The molecule has 0 radical (unpaired) electrons. The first-order valence-electron chi connectivity index (χ1n) is 13.4. The second-order valence-corrected chi connectivity index (χ2v) is 9.77. The van der Waals surface area contributed by atoms with E-state index in [-0.39, 0.29) is 12.1 Å². The number of H-pyrrole nitrogens is 1. The average Bonchev–Trinajstić information content (AvgIpc) is 3.41. The van der Waals surface area contributed by atoms with Gasteiger partial charge in [-0.3, -0.25) is 14.6 Å². The molecular weight excluding hydrogens is 526 g/mol. The number of carbonyl (C=O) groups is 1. The molecule has 1 fully saturated rings. The lowest BCUT2D eigenvalue weighted by Crippen LogP contribution is -2.29. The highest BCUT2D eigenvalue weighted by atomic mass is 19.2. The van der Waals surface area contributed by atoms with Gasteiger partial charge in [-0.25, -0.2) is 8.78 Å². The average molecular weight is 559 g/mol. The molecule has 1 aliphatic heterocycles. The van der Waals surface area contributed by atoms with E-state index in [2.05, 4.69) is 39.1 Å². The van der Waals surface area contributed by atoms with Crippen molar-refractivity contribution < 1.29 is 18.3 Å². The van der Waals surface area contributed by atoms with Crippen LogP contribution in [0, 0.1) is 29.4 Å². The fourth-order valence-electron chi connectivity index (χ4n) is 4.42. The summed E-state index contributed by atoms with van der Waals surface area (Å²) in [5, 5.41) is 3.56. The molecule has 0 spiro atoms. The van der Waals surface area contributed by atoms with Crippen LogP contribution in [0.15, 0.2) is 71.8 Å². The van der Waals surface area contributed by atoms with E-state index in [1.54, 1.807) is 18.3 Å². The van der Waals surface area contributed by atoms with Gasteiger partial charge in [0.15, 0.2) is 11.6 Å². The number of aryl methyl sites for hydroxylation is 1. The number of aromatic amines is 1. The number of amides is 1. The molecule has 2 aromatic carbocycles. The Morgan fingerprint density at radius 2 is 2.02 bits per heavy atom. The molecule has 2 aromatic heterocycles. The number of halogens is 2. The fourth-order valence-corrected chi connectivity index (χ4v) is 4.42. The lowest BCUT2D eigenvalue weighted by Gasteiger charge is -2.13. The second kappa shape index (κ2) is 14.2. The van der Waals surface area contributed by atoms with Crippen LogP contribution in [0.2, 0.25) is 0 Å². The highest BCUT2D eigenvalue weighted by Crippen LogP contribution is 2.26. The summed E-state index contributed by atoms with van der Waals surface area (Å²) in [7, 11) is 2.13. The SMILES string of the molecule is CCc1ccc(F)c(F)c1.CN1CCC(COc2ccnc3ccc(C#CCNC(=O)c4ccc[nH]c4=O)cc23)C1. The van der Waals surface area contributed by atoms with Gasteiger partial charge in [-0.15, -0.1) is 0 Å². The van der Waals surface area contributed by atoms with Gasteiger partial charge < -0.3 is 19.9 Å². The molecule has 0 aliphatic carbocycles. The molecule has 9 heteroatoms. The van der Waals surface area contributed by atoms with Crippen LogP contribution in [0.4, 0.5) is 8.78 Å². The normalized spacial score (nSPS) is 14.5. The van der Waals surface area contributed by atoms with E-state index in [0.29, 0.717) is 12.5 Å². The van der Waals surface area contributed by atoms with Gasteiger partial charge in [-0.05, 0) is 80.5 Å². The Morgan fingerprint density at radius 3 is 2.76 bits per heavy atom. The number of aromatic nitrogens is 2. The summed E-state index contributed by atoms with van der Waals surface area (Å²) in [4.78, 5) is 32.9. The zero-order valence-corrected chi connectivity index (χ0v) is 23.0. The summed E-state index contributed by atoms with van der Waals surface area (Å²) in [5.41, 5.74) is 2.11. The Morgan fingerprint density at radius 1 is 1.17 bits per heavy atom. The van der Waals surface area contributed by atoms with Gasteiger partial charge in [0.1, 0.15) is 11.3 Å². The molecule has 0 saturated carbocycles. The number of hydrogen-bond acceptors (Lipinski definition) is 5. The molecule has 4 aromatic rings. The molecule has 1 saturated heterocycles. The first-order chi connectivity index (χ1) is 19.8. The van der Waals surface area contributed by atoms with Crippen molar-refractivity contribution in [1.29, 1.82) is 0 Å². The van der Waals surface area contributed by atoms with Crippen molar-refractivity contribution in [2.24, 2.45) is 5.92 Å². The third kappa shape index (κ3) is 8.22. The third-order valence-corrected chi connectivity index (χ3v) is 6.69. The van der Waals surface area contributed by atoms with Crippen LogP contribution in [-0.2, 0) is 6.42 Å². The van der Waals surface area contributed by atoms with E-state index in [9.17, 15) is 18.4 Å². The quantitative estimate of drug-likeness (QED) is 0.339. The molecule has 1 atom stereocenters. The summed E-state index contributed by atoms with van der Waals surface area (Å²) in [5.74, 6) is 5.32. The summed E-state index contributed by atoms with van der Waals surface area (Å²) in [6.45, 7) is 4.88. The summed E-state index contributed by atoms with van der Waals surface area (Å²) < 4.78 is 30.8. The van der Waals surface area contributed by atoms with Gasteiger partial charge in [0.25, 0.3) is 11.5 Å². The molecule has 0 bridgehead atoms. The number of benzene rings is 2. The van der Waals surface area contributed by atoms with E-state index >= 15 is 0 Å². The van der Waals surface area contributed by atoms with Crippen molar-refractivity contribution in [3.63, 3.8) is 0 Å². The van der Waals surface area contributed by atoms with Crippen LogP contribution >= 0.6 is 0 Å². The Bertz CT molecular complexity index is 1630. The molecular formula is C32H32F2N4O3. The molecule has 212 valence electrons. The Balaban J connectivity index is 0.000000328. The first-order valence-corrected chi connectivity index (χ1v) is 13.4. The highest BCUT2D eigenvalue weighted by molar-refractivity contribution is 5.93. The smallest absolute Gasteiger partial charge is 0.260 e. The van der Waals surface area contributed by atoms with E-state index in [0.717, 1.165) is 59.8 Å². The van der Waals surface area contributed by atoms with Gasteiger partial charge >= 0.3 is 0 Å². The third-order valence-electron chi connectivity index (χ3n) is 6.69. The fraction of sp³-hybridized carbons (Fsp3) is 0.281. The van der Waals surface area contributed by atoms with E-state index in [1.165, 1.54) is 18.3 Å². The minimum atomic E-state index is -0.780. The lowest BCUT2D eigenvalue weighted by molar-refractivity contribution is 0.0957. The number of rotatable bonds is 6. The van der Waals surface area contributed by atoms with E-state index in [4.69, 9.17) is 4.74 Å². The van der Waals surface area contributed by atoms with Crippen LogP contribution in [0.3, 0.4) is 0 Å². The summed E-state index contributed by atoms with van der Waals surface area (Å²) in [6.07, 6.45) is 5.12. The number of hydrogen-bond donors (Lipinski definition) is 2.